The van der Waals surface area contributed by atoms with E-state index in [4.69, 9.17) is 5.73 Å². The third kappa shape index (κ3) is 1.79. The molecule has 1 aromatic carbocycles. The molecule has 1 aliphatic heterocycles. The van der Waals surface area contributed by atoms with Gasteiger partial charge in [0.1, 0.15) is 0 Å². The van der Waals surface area contributed by atoms with Crippen LogP contribution >= 0.6 is 0 Å². The fourth-order valence-electron chi connectivity index (χ4n) is 2.74. The molecule has 3 heterocycles. The second-order valence-electron chi connectivity index (χ2n) is 5.34. The summed E-state index contributed by atoms with van der Waals surface area (Å²) in [7, 11) is 1.80. The maximum atomic E-state index is 11.9. The molecule has 0 fully saturated rings. The van der Waals surface area contributed by atoms with E-state index < -0.39 is 0 Å². The molecule has 0 spiro atoms. The summed E-state index contributed by atoms with van der Waals surface area (Å²) in [5.74, 6) is 0.683. The van der Waals surface area contributed by atoms with Gasteiger partial charge in [0.25, 0.3) is 5.91 Å². The molecule has 0 aliphatic carbocycles. The van der Waals surface area contributed by atoms with Crippen molar-refractivity contribution in [2.45, 2.75) is 13.1 Å². The zero-order valence-corrected chi connectivity index (χ0v) is 12.0. The highest BCUT2D eigenvalue weighted by molar-refractivity contribution is 5.98. The third-order valence-corrected chi connectivity index (χ3v) is 3.90. The Labute approximate surface area is 126 Å². The van der Waals surface area contributed by atoms with Crippen LogP contribution in [0.1, 0.15) is 21.7 Å². The van der Waals surface area contributed by atoms with Crippen molar-refractivity contribution in [3.63, 3.8) is 0 Å². The molecule has 0 atom stereocenters. The van der Waals surface area contributed by atoms with E-state index in [1.54, 1.807) is 16.5 Å². The molecule has 7 nitrogen and oxygen atoms in total. The van der Waals surface area contributed by atoms with E-state index in [2.05, 4.69) is 15.3 Å². The lowest BCUT2D eigenvalue weighted by atomic mass is 10.0. The highest BCUT2D eigenvalue weighted by Crippen LogP contribution is 2.27. The number of benzene rings is 1. The van der Waals surface area contributed by atoms with Crippen LogP contribution in [0.4, 0.5) is 0 Å². The molecule has 1 amide bonds. The first-order valence-corrected chi connectivity index (χ1v) is 6.97. The summed E-state index contributed by atoms with van der Waals surface area (Å²) in [4.78, 5) is 13.6. The third-order valence-electron chi connectivity index (χ3n) is 3.90. The van der Waals surface area contributed by atoms with Crippen LogP contribution in [0.25, 0.3) is 16.9 Å². The Bertz CT molecular complexity index is 900. The zero-order valence-electron chi connectivity index (χ0n) is 12.0. The Kier molecular flexibility index (Phi) is 2.70. The van der Waals surface area contributed by atoms with E-state index in [1.807, 2.05) is 30.3 Å². The number of amides is 1. The van der Waals surface area contributed by atoms with Crippen LogP contribution in [0.2, 0.25) is 0 Å². The molecule has 0 bridgehead atoms. The number of rotatable bonds is 2. The number of nitrogens with two attached hydrogens (primary N) is 1. The summed E-state index contributed by atoms with van der Waals surface area (Å²) >= 11 is 0. The minimum atomic E-state index is 0.0641. The van der Waals surface area contributed by atoms with Crippen LogP contribution in [-0.2, 0) is 13.1 Å². The van der Waals surface area contributed by atoms with Crippen LogP contribution in [0.3, 0.4) is 0 Å². The summed E-state index contributed by atoms with van der Waals surface area (Å²) < 4.78 is 1.65. The van der Waals surface area contributed by atoms with E-state index in [-0.39, 0.29) is 12.5 Å². The van der Waals surface area contributed by atoms with Gasteiger partial charge < -0.3 is 10.6 Å². The fraction of sp³-hybridized carbons (Fsp3) is 0.200. The smallest absolute Gasteiger partial charge is 0.254 e. The van der Waals surface area contributed by atoms with Gasteiger partial charge in [0.2, 0.25) is 0 Å². The monoisotopic (exact) mass is 294 g/mol. The first-order valence-electron chi connectivity index (χ1n) is 6.97. The number of hydrogen-bond donors (Lipinski definition) is 1. The maximum absolute atomic E-state index is 11.9. The number of nitrogens with zero attached hydrogens (tertiary/aromatic N) is 5. The normalized spacial score (nSPS) is 13.9. The average Bonchev–Trinajstić information content (AvgIpc) is 3.07. The second kappa shape index (κ2) is 4.60. The lowest BCUT2D eigenvalue weighted by Crippen LogP contribution is -2.17. The Morgan fingerprint density at radius 3 is 2.91 bits per heavy atom. The van der Waals surface area contributed by atoms with E-state index >= 15 is 0 Å². The molecule has 7 heteroatoms. The molecule has 0 radical (unpaired) electrons. The summed E-state index contributed by atoms with van der Waals surface area (Å²) in [6, 6.07) is 9.54. The molecule has 2 N–H and O–H groups in total. The van der Waals surface area contributed by atoms with E-state index in [0.717, 1.165) is 22.4 Å². The van der Waals surface area contributed by atoms with Crippen molar-refractivity contribution >= 4 is 11.6 Å². The fourth-order valence-corrected chi connectivity index (χ4v) is 2.74. The summed E-state index contributed by atoms with van der Waals surface area (Å²) in [5.41, 5.74) is 9.86. The molecular weight excluding hydrogens is 280 g/mol. The lowest BCUT2D eigenvalue weighted by Gasteiger charge is -2.05. The van der Waals surface area contributed by atoms with Crippen LogP contribution in [0.15, 0.2) is 30.3 Å². The SMILES string of the molecule is CN1Cc2cc(-c3ccc4nnc(CN)n4n3)ccc2C1=O. The van der Waals surface area contributed by atoms with Gasteiger partial charge in [-0.3, -0.25) is 4.79 Å². The van der Waals surface area contributed by atoms with Gasteiger partial charge in [0.15, 0.2) is 11.5 Å². The van der Waals surface area contributed by atoms with E-state index in [9.17, 15) is 4.79 Å². The van der Waals surface area contributed by atoms with Gasteiger partial charge in [-0.2, -0.15) is 9.61 Å². The van der Waals surface area contributed by atoms with Crippen LogP contribution in [0.5, 0.6) is 0 Å². The molecule has 3 aromatic rings. The Morgan fingerprint density at radius 1 is 1.23 bits per heavy atom. The quantitative estimate of drug-likeness (QED) is 0.756. The molecule has 4 rings (SSSR count). The average molecular weight is 294 g/mol. The Morgan fingerprint density at radius 2 is 2.09 bits per heavy atom. The molecule has 0 saturated carbocycles. The lowest BCUT2D eigenvalue weighted by molar-refractivity contribution is 0.0816. The van der Waals surface area contributed by atoms with Gasteiger partial charge in [-0.1, -0.05) is 6.07 Å². The molecule has 0 saturated heterocycles. The molecule has 1 aliphatic rings. The van der Waals surface area contributed by atoms with Gasteiger partial charge in [-0.15, -0.1) is 10.2 Å². The highest BCUT2D eigenvalue weighted by Gasteiger charge is 2.24. The molecular formula is C15H14N6O. The Balaban J connectivity index is 1.82. The first-order chi connectivity index (χ1) is 10.7. The molecule has 22 heavy (non-hydrogen) atoms. The van der Waals surface area contributed by atoms with Gasteiger partial charge in [-0.25, -0.2) is 0 Å². The minimum Gasteiger partial charge on any atom is -0.337 e. The number of fused-ring (bicyclic) bond motifs is 2. The van der Waals surface area contributed by atoms with Crippen molar-refractivity contribution in [2.75, 3.05) is 7.05 Å². The van der Waals surface area contributed by atoms with E-state index in [0.29, 0.717) is 18.0 Å². The molecule has 2 aromatic heterocycles. The van der Waals surface area contributed by atoms with Crippen LogP contribution in [0, 0.1) is 0 Å². The zero-order chi connectivity index (χ0) is 15.3. The van der Waals surface area contributed by atoms with Crippen LogP contribution in [-0.4, -0.2) is 37.7 Å². The van der Waals surface area contributed by atoms with Gasteiger partial charge in [-0.05, 0) is 29.8 Å². The number of carbonyl (C=O) groups is 1. The first kappa shape index (κ1) is 12.9. The highest BCUT2D eigenvalue weighted by atomic mass is 16.2. The predicted octanol–water partition coefficient (Wildman–Crippen LogP) is 0.836. The standard InChI is InChI=1S/C15H14N6O/c1-20-8-10-6-9(2-3-11(10)15(20)22)12-4-5-13-17-18-14(7-16)21(13)19-12/h2-6H,7-8,16H2,1H3. The molecule has 0 unspecified atom stereocenters. The number of carbonyl (C=O) groups excluding carboxylic acids is 1. The maximum Gasteiger partial charge on any atom is 0.254 e. The number of aromatic nitrogens is 4. The van der Waals surface area contributed by atoms with Gasteiger partial charge in [0, 0.05) is 24.7 Å². The topological polar surface area (TPSA) is 89.4 Å². The van der Waals surface area contributed by atoms with Crippen molar-refractivity contribution < 1.29 is 4.79 Å². The van der Waals surface area contributed by atoms with Crippen molar-refractivity contribution in [2.24, 2.45) is 5.73 Å². The van der Waals surface area contributed by atoms with Crippen LogP contribution < -0.4 is 5.73 Å². The molecule has 110 valence electrons. The van der Waals surface area contributed by atoms with Crippen molar-refractivity contribution in [3.05, 3.63) is 47.3 Å². The van der Waals surface area contributed by atoms with Crippen molar-refractivity contribution in [1.29, 1.82) is 0 Å². The summed E-state index contributed by atoms with van der Waals surface area (Å²) in [6.07, 6.45) is 0. The second-order valence-corrected chi connectivity index (χ2v) is 5.34. The Hall–Kier alpha value is -2.80. The van der Waals surface area contributed by atoms with Crippen molar-refractivity contribution in [1.82, 2.24) is 24.7 Å². The van der Waals surface area contributed by atoms with Crippen molar-refractivity contribution in [3.8, 4) is 11.3 Å². The summed E-state index contributed by atoms with van der Waals surface area (Å²) in [6.45, 7) is 0.909. The largest absolute Gasteiger partial charge is 0.337 e. The predicted molar refractivity (Wildman–Crippen MR) is 79.9 cm³/mol. The number of hydrogen-bond acceptors (Lipinski definition) is 5. The minimum absolute atomic E-state index is 0.0641. The van der Waals surface area contributed by atoms with Gasteiger partial charge in [0.05, 0.1) is 12.2 Å². The van der Waals surface area contributed by atoms with Gasteiger partial charge >= 0.3 is 0 Å². The summed E-state index contributed by atoms with van der Waals surface area (Å²) in [5, 5.41) is 12.6. The van der Waals surface area contributed by atoms with E-state index in [1.165, 1.54) is 0 Å².